The number of amides is 3. The number of hydrogen-bond acceptors (Lipinski definition) is 5. The van der Waals surface area contributed by atoms with Crippen LogP contribution < -0.4 is 16.0 Å². The van der Waals surface area contributed by atoms with E-state index in [0.29, 0.717) is 18.5 Å². The molecule has 0 saturated heterocycles. The fraction of sp³-hybridized carbons (Fsp3) is 0.310. The van der Waals surface area contributed by atoms with Crippen molar-refractivity contribution in [2.75, 3.05) is 5.32 Å². The molecule has 2 heterocycles. The number of carboxylic acid groups (broad SMARTS) is 1. The van der Waals surface area contributed by atoms with Crippen LogP contribution in [-0.4, -0.2) is 38.6 Å². The minimum Gasteiger partial charge on any atom is -0.476 e. The number of anilines is 1. The molecule has 2 atom stereocenters. The van der Waals surface area contributed by atoms with Gasteiger partial charge in [0.1, 0.15) is 17.8 Å². The number of nitrogens with one attached hydrogen (secondary N) is 3. The van der Waals surface area contributed by atoms with Gasteiger partial charge in [-0.1, -0.05) is 50.2 Å². The van der Waals surface area contributed by atoms with Crippen molar-refractivity contribution in [2.45, 2.75) is 45.7 Å². The highest BCUT2D eigenvalue weighted by atomic mass is 16.4. The highest BCUT2D eigenvalue weighted by Crippen LogP contribution is 2.27. The van der Waals surface area contributed by atoms with Crippen LogP contribution in [-0.2, 0) is 18.3 Å². The van der Waals surface area contributed by atoms with E-state index in [1.165, 1.54) is 6.92 Å². The first-order valence-electron chi connectivity index (χ1n) is 12.8. The fourth-order valence-electron chi connectivity index (χ4n) is 4.59. The predicted molar refractivity (Wildman–Crippen MR) is 148 cm³/mol. The van der Waals surface area contributed by atoms with Gasteiger partial charge < -0.3 is 30.0 Å². The summed E-state index contributed by atoms with van der Waals surface area (Å²) in [5, 5.41) is 19.0. The molecule has 4 aromatic rings. The number of carboxylic acids is 1. The number of para-hydroxylation sites is 2. The molecule has 2 aromatic carbocycles. The normalized spacial score (nSPS) is 12.7. The van der Waals surface area contributed by atoms with Crippen molar-refractivity contribution in [3.8, 4) is 0 Å². The average Bonchev–Trinajstić information content (AvgIpc) is 3.43. The van der Waals surface area contributed by atoms with Gasteiger partial charge in [0, 0.05) is 36.3 Å². The Morgan fingerprint density at radius 2 is 1.72 bits per heavy atom. The summed E-state index contributed by atoms with van der Waals surface area (Å²) in [7, 11) is 1.94. The van der Waals surface area contributed by atoms with Gasteiger partial charge in [-0.15, -0.1) is 0 Å². The number of fused-ring (bicyclic) bond motifs is 1. The van der Waals surface area contributed by atoms with E-state index in [1.54, 1.807) is 24.3 Å². The van der Waals surface area contributed by atoms with E-state index < -0.39 is 30.0 Å². The Morgan fingerprint density at radius 3 is 2.38 bits per heavy atom. The summed E-state index contributed by atoms with van der Waals surface area (Å²) in [4.78, 5) is 42.2. The lowest BCUT2D eigenvalue weighted by Gasteiger charge is -2.23. The van der Waals surface area contributed by atoms with Crippen LogP contribution in [0.3, 0.4) is 0 Å². The summed E-state index contributed by atoms with van der Waals surface area (Å²) in [6, 6.07) is 14.7. The molecule has 10 nitrogen and oxygen atoms in total. The standard InChI is InChI=1S/C29H33N5O5/c1-17(2)14-22(32-29(38)30-20-10-6-5-7-11-20)26(35)31-23(27-33-25(28(36)37)18(3)39-27)15-19-16-34(4)24-13-9-8-12-21(19)24/h5-13,16-17,22-23H,14-15H2,1-4H3,(H,31,35)(H,36,37)(H2,30,32,38)/t22-,23+/m0/s1. The van der Waals surface area contributed by atoms with E-state index in [4.69, 9.17) is 4.42 Å². The molecule has 0 aliphatic heterocycles. The van der Waals surface area contributed by atoms with Crippen LogP contribution in [0.1, 0.15) is 54.0 Å². The molecule has 0 radical (unpaired) electrons. The maximum absolute atomic E-state index is 13.6. The monoisotopic (exact) mass is 531 g/mol. The van der Waals surface area contributed by atoms with Crippen LogP contribution in [0.15, 0.2) is 65.2 Å². The lowest BCUT2D eigenvalue weighted by molar-refractivity contribution is -0.124. The first-order chi connectivity index (χ1) is 18.6. The molecule has 10 heteroatoms. The highest BCUT2D eigenvalue weighted by Gasteiger charge is 2.29. The summed E-state index contributed by atoms with van der Waals surface area (Å²) in [5.41, 5.74) is 2.34. The van der Waals surface area contributed by atoms with E-state index in [9.17, 15) is 19.5 Å². The van der Waals surface area contributed by atoms with Gasteiger partial charge in [-0.3, -0.25) is 4.79 Å². The highest BCUT2D eigenvalue weighted by molar-refractivity contribution is 5.94. The maximum Gasteiger partial charge on any atom is 0.358 e. The third-order valence-electron chi connectivity index (χ3n) is 6.39. The van der Waals surface area contributed by atoms with Crippen LogP contribution in [0, 0.1) is 12.8 Å². The Balaban J connectivity index is 1.61. The molecule has 0 aliphatic rings. The predicted octanol–water partition coefficient (Wildman–Crippen LogP) is 4.81. The summed E-state index contributed by atoms with van der Waals surface area (Å²) in [6.45, 7) is 5.44. The third-order valence-corrected chi connectivity index (χ3v) is 6.39. The molecule has 0 spiro atoms. The second kappa shape index (κ2) is 11.8. The summed E-state index contributed by atoms with van der Waals surface area (Å²) in [6.07, 6.45) is 2.66. The molecule has 0 fully saturated rings. The number of aromatic nitrogens is 2. The molecule has 2 aromatic heterocycles. The van der Waals surface area contributed by atoms with Crippen LogP contribution in [0.4, 0.5) is 10.5 Å². The number of benzene rings is 2. The van der Waals surface area contributed by atoms with Crippen molar-refractivity contribution in [3.63, 3.8) is 0 Å². The summed E-state index contributed by atoms with van der Waals surface area (Å²) in [5.74, 6) is -1.30. The second-order valence-corrected chi connectivity index (χ2v) is 9.96. The quantitative estimate of drug-likeness (QED) is 0.232. The Kier molecular flexibility index (Phi) is 8.33. The minimum atomic E-state index is -1.21. The smallest absolute Gasteiger partial charge is 0.358 e. The number of carbonyl (C=O) groups excluding carboxylic acids is 2. The van der Waals surface area contributed by atoms with Crippen LogP contribution in [0.5, 0.6) is 0 Å². The van der Waals surface area contributed by atoms with Crippen molar-refractivity contribution in [3.05, 3.63) is 83.7 Å². The lowest BCUT2D eigenvalue weighted by atomic mass is 10.0. The van der Waals surface area contributed by atoms with Gasteiger partial charge >= 0.3 is 12.0 Å². The topological polar surface area (TPSA) is 138 Å². The van der Waals surface area contributed by atoms with E-state index >= 15 is 0 Å². The van der Waals surface area contributed by atoms with Gasteiger partial charge in [-0.05, 0) is 43.0 Å². The average molecular weight is 532 g/mol. The number of aryl methyl sites for hydroxylation is 2. The molecule has 4 rings (SSSR count). The van der Waals surface area contributed by atoms with Crippen LogP contribution >= 0.6 is 0 Å². The number of nitrogens with zero attached hydrogens (tertiary/aromatic N) is 2. The largest absolute Gasteiger partial charge is 0.476 e. The summed E-state index contributed by atoms with van der Waals surface area (Å²) < 4.78 is 7.73. The van der Waals surface area contributed by atoms with Crippen molar-refractivity contribution >= 4 is 34.5 Å². The maximum atomic E-state index is 13.6. The molecule has 0 saturated carbocycles. The molecule has 3 amide bonds. The van der Waals surface area contributed by atoms with E-state index in [0.717, 1.165) is 16.5 Å². The zero-order valence-electron chi connectivity index (χ0n) is 22.4. The Bertz CT molecular complexity index is 1470. The van der Waals surface area contributed by atoms with Gasteiger partial charge in [0.2, 0.25) is 11.8 Å². The number of rotatable bonds is 10. The number of oxazole rings is 1. The zero-order chi connectivity index (χ0) is 28.1. The van der Waals surface area contributed by atoms with Crippen molar-refractivity contribution in [1.29, 1.82) is 0 Å². The van der Waals surface area contributed by atoms with Gasteiger partial charge in [0.15, 0.2) is 5.69 Å². The zero-order valence-corrected chi connectivity index (χ0v) is 22.4. The van der Waals surface area contributed by atoms with Crippen LogP contribution in [0.2, 0.25) is 0 Å². The number of aromatic carboxylic acids is 1. The van der Waals surface area contributed by atoms with E-state index in [-0.39, 0.29) is 23.3 Å². The van der Waals surface area contributed by atoms with E-state index in [2.05, 4.69) is 20.9 Å². The van der Waals surface area contributed by atoms with Gasteiger partial charge in [-0.25, -0.2) is 14.6 Å². The molecular weight excluding hydrogens is 498 g/mol. The molecule has 39 heavy (non-hydrogen) atoms. The van der Waals surface area contributed by atoms with Gasteiger partial charge in [0.05, 0.1) is 0 Å². The lowest BCUT2D eigenvalue weighted by Crippen LogP contribution is -2.49. The molecule has 4 N–H and O–H groups in total. The van der Waals surface area contributed by atoms with Crippen molar-refractivity contribution in [2.24, 2.45) is 13.0 Å². The third kappa shape index (κ3) is 6.64. The number of carbonyl (C=O) groups is 3. The SMILES string of the molecule is Cc1oc([C@@H](Cc2cn(C)c3ccccc23)NC(=O)[C@H](CC(C)C)NC(=O)Nc2ccccc2)nc1C(=O)O. The Morgan fingerprint density at radius 1 is 1.03 bits per heavy atom. The molecular formula is C29H33N5O5. The molecule has 0 unspecified atom stereocenters. The van der Waals surface area contributed by atoms with Gasteiger partial charge in [-0.2, -0.15) is 0 Å². The molecule has 204 valence electrons. The fourth-order valence-corrected chi connectivity index (χ4v) is 4.59. The Labute approximate surface area is 226 Å². The van der Waals surface area contributed by atoms with Crippen molar-refractivity contribution in [1.82, 2.24) is 20.2 Å². The molecule has 0 bridgehead atoms. The minimum absolute atomic E-state index is 0.0863. The van der Waals surface area contributed by atoms with Gasteiger partial charge in [0.25, 0.3) is 0 Å². The Hall–Kier alpha value is -4.60. The number of urea groups is 1. The van der Waals surface area contributed by atoms with Crippen molar-refractivity contribution < 1.29 is 23.9 Å². The summed E-state index contributed by atoms with van der Waals surface area (Å²) >= 11 is 0. The second-order valence-electron chi connectivity index (χ2n) is 9.96. The van der Waals surface area contributed by atoms with Crippen LogP contribution in [0.25, 0.3) is 10.9 Å². The first kappa shape index (κ1) is 27.4. The molecule has 0 aliphatic carbocycles. The first-order valence-corrected chi connectivity index (χ1v) is 12.8. The number of hydrogen-bond donors (Lipinski definition) is 4. The van der Waals surface area contributed by atoms with E-state index in [1.807, 2.05) is 62.0 Å².